The van der Waals surface area contributed by atoms with Crippen LogP contribution in [0, 0.1) is 5.92 Å². The molecule has 1 fully saturated rings. The Kier molecular flexibility index (Phi) is 5.03. The molecule has 8 heteroatoms. The number of aromatic nitrogens is 2. The highest BCUT2D eigenvalue weighted by Crippen LogP contribution is 2.38. The number of benzene rings is 1. The molecular weight excluding hydrogens is 370 g/mol. The van der Waals surface area contributed by atoms with E-state index in [2.05, 4.69) is 14.9 Å². The molecular formula is C19H20ClN3O4. The molecule has 1 aromatic carbocycles. The first-order valence-corrected chi connectivity index (χ1v) is 9.37. The summed E-state index contributed by atoms with van der Waals surface area (Å²) in [5.41, 5.74) is 1.61. The van der Waals surface area contributed by atoms with Crippen molar-refractivity contribution in [2.75, 3.05) is 31.4 Å². The van der Waals surface area contributed by atoms with E-state index in [4.69, 9.17) is 25.8 Å². The molecule has 2 aromatic rings. The van der Waals surface area contributed by atoms with Crippen LogP contribution in [0.1, 0.15) is 19.8 Å². The molecule has 0 atom stereocenters. The van der Waals surface area contributed by atoms with Crippen molar-refractivity contribution in [2.24, 2.45) is 5.92 Å². The lowest BCUT2D eigenvalue weighted by Gasteiger charge is -2.32. The summed E-state index contributed by atoms with van der Waals surface area (Å²) < 4.78 is 16.0. The van der Waals surface area contributed by atoms with Crippen LogP contribution in [0.2, 0.25) is 5.15 Å². The first-order chi connectivity index (χ1) is 13.2. The largest absolute Gasteiger partial charge is 0.466 e. The summed E-state index contributed by atoms with van der Waals surface area (Å²) in [6.45, 7) is 3.84. The molecule has 1 saturated heterocycles. The van der Waals surface area contributed by atoms with E-state index in [0.717, 1.165) is 17.0 Å². The number of anilines is 1. The van der Waals surface area contributed by atoms with Crippen LogP contribution in [0.25, 0.3) is 11.3 Å². The Hall–Kier alpha value is -2.54. The van der Waals surface area contributed by atoms with Crippen LogP contribution in [0.5, 0.6) is 11.5 Å². The van der Waals surface area contributed by atoms with E-state index >= 15 is 0 Å². The van der Waals surface area contributed by atoms with Gasteiger partial charge < -0.3 is 19.1 Å². The van der Waals surface area contributed by atoms with Crippen LogP contribution >= 0.6 is 11.6 Å². The lowest BCUT2D eigenvalue weighted by atomic mass is 9.96. The number of carbonyl (C=O) groups is 1. The predicted molar refractivity (Wildman–Crippen MR) is 100 cm³/mol. The standard InChI is InChI=1S/C19H20ClN3O4/c1-2-25-19(24)12-5-7-23(8-6-12)18-17(21-10-16(20)22-18)13-3-4-14-15(9-13)27-11-26-14/h3-4,9-10,12H,2,5-8,11H2,1H3. The molecule has 2 aliphatic rings. The van der Waals surface area contributed by atoms with E-state index in [9.17, 15) is 4.79 Å². The van der Waals surface area contributed by atoms with Crippen molar-refractivity contribution in [3.63, 3.8) is 0 Å². The van der Waals surface area contributed by atoms with Gasteiger partial charge in [-0.2, -0.15) is 0 Å². The summed E-state index contributed by atoms with van der Waals surface area (Å²) in [5.74, 6) is 1.94. The van der Waals surface area contributed by atoms with Crippen molar-refractivity contribution in [2.45, 2.75) is 19.8 Å². The summed E-state index contributed by atoms with van der Waals surface area (Å²) in [7, 11) is 0. The first-order valence-electron chi connectivity index (χ1n) is 9.00. The normalized spacial score (nSPS) is 16.4. The topological polar surface area (TPSA) is 73.8 Å². The zero-order valence-corrected chi connectivity index (χ0v) is 15.7. The average molecular weight is 390 g/mol. The lowest BCUT2D eigenvalue weighted by Crippen LogP contribution is -2.37. The Balaban J connectivity index is 1.59. The Morgan fingerprint density at radius 1 is 1.30 bits per heavy atom. The maximum absolute atomic E-state index is 12.0. The highest BCUT2D eigenvalue weighted by atomic mass is 35.5. The van der Waals surface area contributed by atoms with Crippen molar-refractivity contribution in [3.8, 4) is 22.8 Å². The van der Waals surface area contributed by atoms with Crippen molar-refractivity contribution in [1.29, 1.82) is 0 Å². The van der Waals surface area contributed by atoms with Crippen molar-refractivity contribution < 1.29 is 19.0 Å². The number of piperidine rings is 1. The molecule has 0 bridgehead atoms. The highest BCUT2D eigenvalue weighted by Gasteiger charge is 2.28. The van der Waals surface area contributed by atoms with Gasteiger partial charge in [0.15, 0.2) is 17.3 Å². The molecule has 0 aliphatic carbocycles. The molecule has 2 aliphatic heterocycles. The molecule has 0 N–H and O–H groups in total. The molecule has 4 rings (SSSR count). The van der Waals surface area contributed by atoms with Gasteiger partial charge in [-0.15, -0.1) is 0 Å². The molecule has 7 nitrogen and oxygen atoms in total. The first kappa shape index (κ1) is 17.9. The number of hydrogen-bond acceptors (Lipinski definition) is 7. The molecule has 0 amide bonds. The Morgan fingerprint density at radius 2 is 2.07 bits per heavy atom. The second-order valence-electron chi connectivity index (χ2n) is 6.45. The smallest absolute Gasteiger partial charge is 0.309 e. The summed E-state index contributed by atoms with van der Waals surface area (Å²) in [5, 5.41) is 0.335. The lowest BCUT2D eigenvalue weighted by molar-refractivity contribution is -0.148. The van der Waals surface area contributed by atoms with Gasteiger partial charge in [0.2, 0.25) is 6.79 Å². The van der Waals surface area contributed by atoms with Crippen molar-refractivity contribution >= 4 is 23.4 Å². The summed E-state index contributed by atoms with van der Waals surface area (Å²) in [6, 6.07) is 5.69. The maximum atomic E-state index is 12.0. The number of fused-ring (bicyclic) bond motifs is 1. The summed E-state index contributed by atoms with van der Waals surface area (Å²) in [6.07, 6.45) is 2.97. The zero-order chi connectivity index (χ0) is 18.8. The molecule has 3 heterocycles. The third-order valence-corrected chi connectivity index (χ3v) is 4.97. The monoisotopic (exact) mass is 389 g/mol. The second-order valence-corrected chi connectivity index (χ2v) is 6.83. The third kappa shape index (κ3) is 3.64. The van der Waals surface area contributed by atoms with E-state index in [1.165, 1.54) is 6.20 Å². The fraction of sp³-hybridized carbons (Fsp3) is 0.421. The summed E-state index contributed by atoms with van der Waals surface area (Å²) in [4.78, 5) is 23.1. The number of hydrogen-bond donors (Lipinski definition) is 0. The number of nitrogens with zero attached hydrogens (tertiary/aromatic N) is 3. The molecule has 0 spiro atoms. The number of esters is 1. The highest BCUT2D eigenvalue weighted by molar-refractivity contribution is 6.29. The van der Waals surface area contributed by atoms with Gasteiger partial charge in [0.05, 0.1) is 18.7 Å². The van der Waals surface area contributed by atoms with Crippen LogP contribution in [0.15, 0.2) is 24.4 Å². The Labute approximate surface area is 162 Å². The number of ether oxygens (including phenoxy) is 3. The van der Waals surface area contributed by atoms with Gasteiger partial charge in [0.25, 0.3) is 0 Å². The van der Waals surface area contributed by atoms with Crippen LogP contribution in [-0.2, 0) is 9.53 Å². The quantitative estimate of drug-likeness (QED) is 0.742. The van der Waals surface area contributed by atoms with Crippen LogP contribution in [-0.4, -0.2) is 42.4 Å². The van der Waals surface area contributed by atoms with E-state index in [-0.39, 0.29) is 18.7 Å². The average Bonchev–Trinajstić information content (AvgIpc) is 3.16. The van der Waals surface area contributed by atoms with Crippen molar-refractivity contribution in [3.05, 3.63) is 29.5 Å². The molecule has 0 saturated carbocycles. The maximum Gasteiger partial charge on any atom is 0.309 e. The number of rotatable bonds is 4. The van der Waals surface area contributed by atoms with E-state index < -0.39 is 0 Å². The van der Waals surface area contributed by atoms with Crippen LogP contribution < -0.4 is 14.4 Å². The molecule has 0 unspecified atom stereocenters. The minimum absolute atomic E-state index is 0.0673. The number of carbonyl (C=O) groups excluding carboxylic acids is 1. The van der Waals surface area contributed by atoms with E-state index in [1.807, 2.05) is 25.1 Å². The molecule has 1 aromatic heterocycles. The third-order valence-electron chi connectivity index (χ3n) is 4.79. The van der Waals surface area contributed by atoms with Crippen LogP contribution in [0.4, 0.5) is 5.82 Å². The Morgan fingerprint density at radius 3 is 2.85 bits per heavy atom. The second kappa shape index (κ2) is 7.60. The summed E-state index contributed by atoms with van der Waals surface area (Å²) >= 11 is 6.12. The van der Waals surface area contributed by atoms with Gasteiger partial charge in [-0.25, -0.2) is 9.97 Å². The molecule has 27 heavy (non-hydrogen) atoms. The van der Waals surface area contributed by atoms with Gasteiger partial charge >= 0.3 is 5.97 Å². The van der Waals surface area contributed by atoms with Gasteiger partial charge in [-0.1, -0.05) is 11.6 Å². The Bertz CT molecular complexity index is 853. The van der Waals surface area contributed by atoms with Gasteiger partial charge in [0.1, 0.15) is 10.8 Å². The minimum atomic E-state index is -0.120. The van der Waals surface area contributed by atoms with Crippen molar-refractivity contribution in [1.82, 2.24) is 9.97 Å². The predicted octanol–water partition coefficient (Wildman–Crippen LogP) is 3.31. The van der Waals surface area contributed by atoms with Gasteiger partial charge in [-0.3, -0.25) is 4.79 Å². The van der Waals surface area contributed by atoms with Gasteiger partial charge in [-0.05, 0) is 38.0 Å². The van der Waals surface area contributed by atoms with Crippen LogP contribution in [0.3, 0.4) is 0 Å². The van der Waals surface area contributed by atoms with E-state index in [0.29, 0.717) is 49.3 Å². The fourth-order valence-corrected chi connectivity index (χ4v) is 3.54. The fourth-order valence-electron chi connectivity index (χ4n) is 3.41. The molecule has 0 radical (unpaired) electrons. The van der Waals surface area contributed by atoms with E-state index in [1.54, 1.807) is 0 Å². The number of halogens is 1. The zero-order valence-electron chi connectivity index (χ0n) is 15.0. The molecule has 142 valence electrons. The van der Waals surface area contributed by atoms with Gasteiger partial charge in [0, 0.05) is 18.7 Å². The SMILES string of the molecule is CCOC(=O)C1CCN(c2nc(Cl)cnc2-c2ccc3c(c2)OCO3)CC1. The minimum Gasteiger partial charge on any atom is -0.466 e.